The second kappa shape index (κ2) is 8.93. The van der Waals surface area contributed by atoms with Gasteiger partial charge < -0.3 is 15.1 Å². The van der Waals surface area contributed by atoms with E-state index in [9.17, 15) is 0 Å². The van der Waals surface area contributed by atoms with Crippen molar-refractivity contribution in [2.45, 2.75) is 47.0 Å². The molecule has 0 aliphatic carbocycles. The van der Waals surface area contributed by atoms with Gasteiger partial charge in [0.05, 0.1) is 0 Å². The molecule has 3 nitrogen and oxygen atoms in total. The maximum Gasteiger partial charge on any atom is 0.00504 e. The summed E-state index contributed by atoms with van der Waals surface area (Å²) in [4.78, 5) is 5.19. The summed E-state index contributed by atoms with van der Waals surface area (Å²) < 4.78 is 0. The largest absolute Gasteiger partial charge is 0.316 e. The Morgan fingerprint density at radius 2 is 1.58 bits per heavy atom. The van der Waals surface area contributed by atoms with Crippen LogP contribution in [0.2, 0.25) is 0 Å². The van der Waals surface area contributed by atoms with Crippen molar-refractivity contribution in [1.29, 1.82) is 0 Å². The van der Waals surface area contributed by atoms with Crippen LogP contribution in [0.15, 0.2) is 0 Å². The van der Waals surface area contributed by atoms with Gasteiger partial charge in [0, 0.05) is 13.1 Å². The van der Waals surface area contributed by atoms with Gasteiger partial charge in [-0.05, 0) is 63.9 Å². The Labute approximate surface area is 120 Å². The SMILES string of the molecule is CCN(CC)CCCN(CC)CC1(CC)CCNC1. The van der Waals surface area contributed by atoms with Crippen molar-refractivity contribution < 1.29 is 0 Å². The van der Waals surface area contributed by atoms with Gasteiger partial charge in [-0.15, -0.1) is 0 Å². The predicted molar refractivity (Wildman–Crippen MR) is 84.7 cm³/mol. The molecule has 0 aromatic rings. The zero-order valence-corrected chi connectivity index (χ0v) is 13.7. The molecule has 1 N–H and O–H groups in total. The fraction of sp³-hybridized carbons (Fsp3) is 1.00. The van der Waals surface area contributed by atoms with Gasteiger partial charge in [0.15, 0.2) is 0 Å². The molecule has 0 saturated carbocycles. The Morgan fingerprint density at radius 3 is 2.05 bits per heavy atom. The monoisotopic (exact) mass is 269 g/mol. The Bertz CT molecular complexity index is 220. The Kier molecular flexibility index (Phi) is 7.96. The highest BCUT2D eigenvalue weighted by Gasteiger charge is 2.33. The van der Waals surface area contributed by atoms with Crippen molar-refractivity contribution in [3.63, 3.8) is 0 Å². The van der Waals surface area contributed by atoms with E-state index >= 15 is 0 Å². The Hall–Kier alpha value is -0.120. The molecule has 1 rings (SSSR count). The molecule has 1 atom stereocenters. The molecule has 1 saturated heterocycles. The van der Waals surface area contributed by atoms with Gasteiger partial charge >= 0.3 is 0 Å². The van der Waals surface area contributed by atoms with Crippen molar-refractivity contribution in [3.05, 3.63) is 0 Å². The summed E-state index contributed by atoms with van der Waals surface area (Å²) in [5.41, 5.74) is 0.547. The topological polar surface area (TPSA) is 18.5 Å². The van der Waals surface area contributed by atoms with Gasteiger partial charge in [-0.3, -0.25) is 0 Å². The first-order valence-corrected chi connectivity index (χ1v) is 8.35. The van der Waals surface area contributed by atoms with Crippen LogP contribution >= 0.6 is 0 Å². The predicted octanol–water partition coefficient (Wildman–Crippen LogP) is 2.43. The van der Waals surface area contributed by atoms with Crippen molar-refractivity contribution in [1.82, 2.24) is 15.1 Å². The highest BCUT2D eigenvalue weighted by molar-refractivity contribution is 4.89. The normalized spacial score (nSPS) is 23.7. The third kappa shape index (κ3) is 5.41. The van der Waals surface area contributed by atoms with Crippen LogP contribution in [0.1, 0.15) is 47.0 Å². The van der Waals surface area contributed by atoms with E-state index in [-0.39, 0.29) is 0 Å². The molecule has 1 aliphatic heterocycles. The van der Waals surface area contributed by atoms with Crippen molar-refractivity contribution in [2.24, 2.45) is 5.41 Å². The molecular formula is C16H35N3. The van der Waals surface area contributed by atoms with Crippen molar-refractivity contribution in [3.8, 4) is 0 Å². The molecule has 19 heavy (non-hydrogen) atoms. The molecule has 0 amide bonds. The minimum atomic E-state index is 0.547. The lowest BCUT2D eigenvalue weighted by Crippen LogP contribution is -2.40. The van der Waals surface area contributed by atoms with Gasteiger partial charge in [0.1, 0.15) is 0 Å². The maximum absolute atomic E-state index is 3.55. The van der Waals surface area contributed by atoms with Crippen LogP contribution in [0, 0.1) is 5.41 Å². The second-order valence-corrected chi connectivity index (χ2v) is 6.03. The van der Waals surface area contributed by atoms with E-state index in [1.165, 1.54) is 71.6 Å². The van der Waals surface area contributed by atoms with Crippen LogP contribution in [-0.2, 0) is 0 Å². The van der Waals surface area contributed by atoms with E-state index in [0.717, 1.165) is 0 Å². The summed E-state index contributed by atoms with van der Waals surface area (Å²) in [7, 11) is 0. The van der Waals surface area contributed by atoms with Gasteiger partial charge in [-0.2, -0.15) is 0 Å². The van der Waals surface area contributed by atoms with Crippen LogP contribution in [-0.4, -0.2) is 62.2 Å². The van der Waals surface area contributed by atoms with Crippen LogP contribution in [0.5, 0.6) is 0 Å². The Balaban J connectivity index is 2.32. The summed E-state index contributed by atoms with van der Waals surface area (Å²) >= 11 is 0. The van der Waals surface area contributed by atoms with E-state index < -0.39 is 0 Å². The number of hydrogen-bond donors (Lipinski definition) is 1. The molecule has 3 heteroatoms. The van der Waals surface area contributed by atoms with Crippen LogP contribution in [0.4, 0.5) is 0 Å². The summed E-state index contributed by atoms with van der Waals surface area (Å²) in [6, 6.07) is 0. The summed E-state index contributed by atoms with van der Waals surface area (Å²) in [6.07, 6.45) is 3.98. The zero-order valence-electron chi connectivity index (χ0n) is 13.7. The maximum atomic E-state index is 3.55. The molecule has 1 fully saturated rings. The van der Waals surface area contributed by atoms with E-state index in [1.807, 2.05) is 0 Å². The first-order valence-electron chi connectivity index (χ1n) is 8.35. The lowest BCUT2D eigenvalue weighted by Gasteiger charge is -2.34. The van der Waals surface area contributed by atoms with Crippen molar-refractivity contribution in [2.75, 3.05) is 52.4 Å². The number of rotatable bonds is 10. The lowest BCUT2D eigenvalue weighted by atomic mass is 9.83. The molecule has 1 unspecified atom stereocenters. The molecule has 114 valence electrons. The van der Waals surface area contributed by atoms with Crippen molar-refractivity contribution >= 4 is 0 Å². The van der Waals surface area contributed by atoms with Gasteiger partial charge in [0.25, 0.3) is 0 Å². The molecule has 1 aliphatic rings. The average Bonchev–Trinajstić information content (AvgIpc) is 2.91. The quantitative estimate of drug-likeness (QED) is 0.657. The molecule has 0 aromatic carbocycles. The number of nitrogens with zero attached hydrogens (tertiary/aromatic N) is 2. The molecule has 0 spiro atoms. The fourth-order valence-corrected chi connectivity index (χ4v) is 3.23. The third-order valence-corrected chi connectivity index (χ3v) is 4.93. The molecular weight excluding hydrogens is 234 g/mol. The second-order valence-electron chi connectivity index (χ2n) is 6.03. The first kappa shape index (κ1) is 16.9. The van der Waals surface area contributed by atoms with Crippen LogP contribution in [0.3, 0.4) is 0 Å². The van der Waals surface area contributed by atoms with Gasteiger partial charge in [-0.1, -0.05) is 27.7 Å². The average molecular weight is 269 g/mol. The minimum absolute atomic E-state index is 0.547. The summed E-state index contributed by atoms with van der Waals surface area (Å²) in [6.45, 7) is 19.0. The molecule has 0 bridgehead atoms. The van der Waals surface area contributed by atoms with Crippen LogP contribution < -0.4 is 5.32 Å². The lowest BCUT2D eigenvalue weighted by molar-refractivity contribution is 0.156. The first-order chi connectivity index (χ1) is 9.19. The molecule has 0 aromatic heterocycles. The Morgan fingerprint density at radius 1 is 0.947 bits per heavy atom. The van der Waals surface area contributed by atoms with Gasteiger partial charge in [-0.25, -0.2) is 0 Å². The molecule has 0 radical (unpaired) electrons. The van der Waals surface area contributed by atoms with Gasteiger partial charge in [0.2, 0.25) is 0 Å². The van der Waals surface area contributed by atoms with E-state index in [1.54, 1.807) is 0 Å². The molecule has 1 heterocycles. The standard InChI is InChI=1S/C16H35N3/c1-5-16(10-11-17-14-16)15-19(8-4)13-9-12-18(6-2)7-3/h17H,5-15H2,1-4H3. The van der Waals surface area contributed by atoms with Crippen LogP contribution in [0.25, 0.3) is 0 Å². The zero-order chi connectivity index (χ0) is 14.1. The van der Waals surface area contributed by atoms with E-state index in [2.05, 4.69) is 42.8 Å². The fourth-order valence-electron chi connectivity index (χ4n) is 3.23. The minimum Gasteiger partial charge on any atom is -0.316 e. The smallest absolute Gasteiger partial charge is 0.00504 e. The van der Waals surface area contributed by atoms with E-state index in [0.29, 0.717) is 5.41 Å². The van der Waals surface area contributed by atoms with E-state index in [4.69, 9.17) is 0 Å². The third-order valence-electron chi connectivity index (χ3n) is 4.93. The summed E-state index contributed by atoms with van der Waals surface area (Å²) in [5.74, 6) is 0. The highest BCUT2D eigenvalue weighted by Crippen LogP contribution is 2.30. The summed E-state index contributed by atoms with van der Waals surface area (Å²) in [5, 5.41) is 3.55. The highest BCUT2D eigenvalue weighted by atomic mass is 15.2. The number of hydrogen-bond acceptors (Lipinski definition) is 3. The number of nitrogens with one attached hydrogen (secondary N) is 1.